The number of phosphoric acid groups is 1. The minimum absolute atomic E-state index is 0.0871. The van der Waals surface area contributed by atoms with E-state index in [1.54, 1.807) is 24.1 Å². The number of anilines is 1. The number of hydrogen-bond acceptors (Lipinski definition) is 7. The predicted molar refractivity (Wildman–Crippen MR) is 132 cm³/mol. The fourth-order valence-electron chi connectivity index (χ4n) is 3.50. The summed E-state index contributed by atoms with van der Waals surface area (Å²) >= 11 is 6.03. The third-order valence-corrected chi connectivity index (χ3v) is 6.28. The first-order chi connectivity index (χ1) is 17.4. The van der Waals surface area contributed by atoms with Gasteiger partial charge in [0.25, 0.3) is 0 Å². The van der Waals surface area contributed by atoms with Gasteiger partial charge in [0.1, 0.15) is 24.1 Å². The summed E-state index contributed by atoms with van der Waals surface area (Å²) in [6, 6.07) is 9.19. The zero-order valence-corrected chi connectivity index (χ0v) is 21.2. The van der Waals surface area contributed by atoms with Crippen molar-refractivity contribution < 1.29 is 42.3 Å². The molecule has 200 valence electrons. The lowest BCUT2D eigenvalue weighted by Crippen LogP contribution is -2.40. The molecule has 0 bridgehead atoms. The first kappa shape index (κ1) is 28.9. The van der Waals surface area contributed by atoms with Gasteiger partial charge in [-0.25, -0.2) is 23.1 Å². The van der Waals surface area contributed by atoms with Crippen LogP contribution in [0.4, 0.5) is 19.4 Å². The van der Waals surface area contributed by atoms with Gasteiger partial charge in [-0.3, -0.25) is 14.7 Å². The van der Waals surface area contributed by atoms with Crippen molar-refractivity contribution in [2.45, 2.75) is 25.1 Å². The summed E-state index contributed by atoms with van der Waals surface area (Å²) in [6.07, 6.45) is -0.871. The van der Waals surface area contributed by atoms with Gasteiger partial charge in [-0.2, -0.15) is 0 Å². The largest absolute Gasteiger partial charge is 0.469 e. The maximum atomic E-state index is 13.8. The molecular formula is C23H25ClF2N3O7P. The molecule has 3 aromatic rings. The molecule has 2 unspecified atom stereocenters. The number of hydrogen-bond donors (Lipinski definition) is 4. The molecule has 0 aliphatic rings. The van der Waals surface area contributed by atoms with Gasteiger partial charge in [0.2, 0.25) is 0 Å². The van der Waals surface area contributed by atoms with Crippen LogP contribution in [0.3, 0.4) is 0 Å². The van der Waals surface area contributed by atoms with Gasteiger partial charge in [0, 0.05) is 24.2 Å². The molecule has 2 atom stereocenters. The number of benzene rings is 2. The van der Waals surface area contributed by atoms with Gasteiger partial charge in [-0.15, -0.1) is 0 Å². The van der Waals surface area contributed by atoms with E-state index in [-0.39, 0.29) is 30.4 Å². The third kappa shape index (κ3) is 8.97. The average molecular weight is 560 g/mol. The topological polar surface area (TPSA) is 141 Å². The van der Waals surface area contributed by atoms with E-state index < -0.39 is 44.3 Å². The van der Waals surface area contributed by atoms with E-state index in [9.17, 15) is 23.2 Å². The summed E-state index contributed by atoms with van der Waals surface area (Å²) in [7, 11) is -3.19. The van der Waals surface area contributed by atoms with E-state index in [1.807, 2.05) is 0 Å². The molecule has 14 heteroatoms. The second-order valence-electron chi connectivity index (χ2n) is 8.24. The van der Waals surface area contributed by atoms with Crippen molar-refractivity contribution in [1.82, 2.24) is 9.88 Å². The normalized spacial score (nSPS) is 13.5. The van der Waals surface area contributed by atoms with Crippen LogP contribution in [0.25, 0.3) is 10.8 Å². The van der Waals surface area contributed by atoms with Crippen LogP contribution >= 0.6 is 19.4 Å². The Morgan fingerprint density at radius 2 is 1.95 bits per heavy atom. The molecule has 3 rings (SSSR count). The van der Waals surface area contributed by atoms with Gasteiger partial charge in [-0.1, -0.05) is 23.7 Å². The van der Waals surface area contributed by atoms with E-state index in [4.69, 9.17) is 26.1 Å². The van der Waals surface area contributed by atoms with E-state index in [2.05, 4.69) is 14.8 Å². The number of aromatic nitrogens is 1. The number of nitrogens with zero attached hydrogens (tertiary/aromatic N) is 2. The van der Waals surface area contributed by atoms with Gasteiger partial charge in [0.15, 0.2) is 0 Å². The molecule has 4 N–H and O–H groups in total. The SMILES string of the molecule is CN(Cc1cccc(F)c1Cl)C(COC(=O)Nc1cc2cc(F)ccc2cn1)CC(O)COP(=O)(O)O. The van der Waals surface area contributed by atoms with Crippen molar-refractivity contribution in [2.24, 2.45) is 0 Å². The smallest absolute Gasteiger partial charge is 0.448 e. The number of carbonyl (C=O) groups excluding carboxylic acids is 1. The Labute approximate surface area is 216 Å². The van der Waals surface area contributed by atoms with Crippen molar-refractivity contribution in [1.29, 1.82) is 0 Å². The molecule has 0 fully saturated rings. The maximum Gasteiger partial charge on any atom is 0.469 e. The zero-order valence-electron chi connectivity index (χ0n) is 19.6. The van der Waals surface area contributed by atoms with Crippen molar-refractivity contribution in [3.05, 3.63) is 70.9 Å². The lowest BCUT2D eigenvalue weighted by atomic mass is 10.1. The number of ether oxygens (including phenoxy) is 1. The molecule has 0 spiro atoms. The molecule has 0 saturated carbocycles. The summed E-state index contributed by atoms with van der Waals surface area (Å²) in [6.45, 7) is -0.834. The molecule has 10 nitrogen and oxygen atoms in total. The molecule has 0 radical (unpaired) electrons. The van der Waals surface area contributed by atoms with Gasteiger partial charge in [-0.05, 0) is 54.8 Å². The summed E-state index contributed by atoms with van der Waals surface area (Å²) in [5, 5.41) is 13.8. The summed E-state index contributed by atoms with van der Waals surface area (Å²) in [5.74, 6) is -0.940. The van der Waals surface area contributed by atoms with Crippen LogP contribution in [0.2, 0.25) is 5.02 Å². The fourth-order valence-corrected chi connectivity index (χ4v) is 4.05. The van der Waals surface area contributed by atoms with Crippen LogP contribution in [0, 0.1) is 11.6 Å². The standard InChI is InChI=1S/C23H25ClF2N3O7P/c1-29(11-15-3-2-4-20(26)22(15)24)18(9-19(30)13-36-37(32,33)34)12-35-23(31)28-21-8-16-7-17(25)6-5-14(16)10-27-21/h2-8,10,18-19,30H,9,11-13H2,1H3,(H,27,28,31)(H2,32,33,34). The number of aliphatic hydroxyl groups is 1. The highest BCUT2D eigenvalue weighted by atomic mass is 35.5. The van der Waals surface area contributed by atoms with Crippen molar-refractivity contribution in [3.63, 3.8) is 0 Å². The van der Waals surface area contributed by atoms with E-state index in [0.29, 0.717) is 16.3 Å². The molecule has 0 saturated heterocycles. The lowest BCUT2D eigenvalue weighted by Gasteiger charge is -2.29. The van der Waals surface area contributed by atoms with Crippen LogP contribution in [0.1, 0.15) is 12.0 Å². The maximum absolute atomic E-state index is 13.8. The number of phosphoric ester groups is 1. The molecule has 0 aliphatic carbocycles. The average Bonchev–Trinajstić information content (AvgIpc) is 2.82. The van der Waals surface area contributed by atoms with Crippen LogP contribution < -0.4 is 5.32 Å². The van der Waals surface area contributed by atoms with Crippen LogP contribution in [-0.2, 0) is 20.4 Å². The number of likely N-dealkylation sites (N-methyl/N-ethyl adjacent to an activating group) is 1. The second-order valence-corrected chi connectivity index (χ2v) is 9.86. The van der Waals surface area contributed by atoms with Gasteiger partial charge in [0.05, 0.1) is 17.7 Å². The lowest BCUT2D eigenvalue weighted by molar-refractivity contribution is 0.0363. The van der Waals surface area contributed by atoms with Gasteiger partial charge >= 0.3 is 13.9 Å². The molecular weight excluding hydrogens is 535 g/mol. The summed E-state index contributed by atoms with van der Waals surface area (Å²) < 4.78 is 47.9. The Morgan fingerprint density at radius 3 is 2.68 bits per heavy atom. The van der Waals surface area contributed by atoms with E-state index >= 15 is 0 Å². The molecule has 1 aromatic heterocycles. The zero-order chi connectivity index (χ0) is 27.2. The Balaban J connectivity index is 1.67. The molecule has 37 heavy (non-hydrogen) atoms. The number of amides is 1. The summed E-state index contributed by atoms with van der Waals surface area (Å²) in [4.78, 5) is 35.9. The number of rotatable bonds is 11. The number of nitrogens with one attached hydrogen (secondary N) is 1. The van der Waals surface area contributed by atoms with Crippen molar-refractivity contribution >= 4 is 42.1 Å². The van der Waals surface area contributed by atoms with Crippen LogP contribution in [-0.4, -0.2) is 63.3 Å². The highest BCUT2D eigenvalue weighted by Crippen LogP contribution is 2.36. The molecule has 1 amide bonds. The highest BCUT2D eigenvalue weighted by molar-refractivity contribution is 7.46. The van der Waals surface area contributed by atoms with E-state index in [1.165, 1.54) is 36.5 Å². The third-order valence-electron chi connectivity index (χ3n) is 5.37. The number of carbonyl (C=O) groups is 1. The first-order valence-electron chi connectivity index (χ1n) is 10.9. The first-order valence-corrected chi connectivity index (χ1v) is 12.8. The van der Waals surface area contributed by atoms with Crippen molar-refractivity contribution in [3.8, 4) is 0 Å². The van der Waals surface area contributed by atoms with Crippen LogP contribution in [0.5, 0.6) is 0 Å². The predicted octanol–water partition coefficient (Wildman–Crippen LogP) is 4.08. The number of pyridine rings is 1. The fraction of sp³-hybridized carbons (Fsp3) is 0.304. The summed E-state index contributed by atoms with van der Waals surface area (Å²) in [5.41, 5.74) is 0.437. The minimum Gasteiger partial charge on any atom is -0.448 e. The highest BCUT2D eigenvalue weighted by Gasteiger charge is 2.25. The van der Waals surface area contributed by atoms with Gasteiger partial charge < -0.3 is 19.6 Å². The molecule has 1 heterocycles. The second kappa shape index (κ2) is 12.7. The van der Waals surface area contributed by atoms with Crippen LogP contribution in [0.15, 0.2) is 48.7 Å². The Kier molecular flexibility index (Phi) is 9.91. The Bertz CT molecular complexity index is 1300. The van der Waals surface area contributed by atoms with E-state index in [0.717, 1.165) is 0 Å². The number of halogens is 3. The monoisotopic (exact) mass is 559 g/mol. The quantitative estimate of drug-likeness (QED) is 0.256. The Morgan fingerprint density at radius 1 is 1.19 bits per heavy atom. The number of fused-ring (bicyclic) bond motifs is 1. The number of aliphatic hydroxyl groups excluding tert-OH is 1. The molecule has 0 aliphatic heterocycles. The van der Waals surface area contributed by atoms with Crippen molar-refractivity contribution in [2.75, 3.05) is 25.6 Å². The Hall–Kier alpha value is -2.70. The minimum atomic E-state index is -4.80. The molecule has 2 aromatic carbocycles.